The van der Waals surface area contributed by atoms with Crippen LogP contribution >= 0.6 is 0 Å². The lowest BCUT2D eigenvalue weighted by molar-refractivity contribution is 0.519. The van der Waals surface area contributed by atoms with Gasteiger partial charge in [0.25, 0.3) is 0 Å². The van der Waals surface area contributed by atoms with E-state index in [4.69, 9.17) is 4.98 Å². The third-order valence-corrected chi connectivity index (χ3v) is 6.88. The zero-order chi connectivity index (χ0) is 23.4. The number of unbranched alkanes of at least 4 members (excludes halogenated alkanes) is 13. The Balaban J connectivity index is 1.52. The summed E-state index contributed by atoms with van der Waals surface area (Å²) in [6.07, 6.45) is 28.0. The zero-order valence-corrected chi connectivity index (χ0v) is 22.0. The molecular weight excluding hydrogens is 400 g/mol. The lowest BCUT2D eigenvalue weighted by Gasteiger charge is -2.07. The average Bonchev–Trinajstić information content (AvgIpc) is 3.21. The molecule has 2 aromatic rings. The molecule has 0 amide bonds. The second kappa shape index (κ2) is 18.8. The summed E-state index contributed by atoms with van der Waals surface area (Å²) in [5.74, 6) is 1.31. The molecule has 0 aliphatic carbocycles. The fourth-order valence-corrected chi connectivity index (χ4v) is 4.85. The minimum atomic E-state index is 1.09. The van der Waals surface area contributed by atoms with Crippen LogP contribution in [0.2, 0.25) is 0 Å². The van der Waals surface area contributed by atoms with Gasteiger partial charge in [0, 0.05) is 19.2 Å². The van der Waals surface area contributed by atoms with Crippen LogP contribution in [-0.4, -0.2) is 9.55 Å². The molecule has 0 radical (unpaired) electrons. The quantitative estimate of drug-likeness (QED) is 0.172. The highest BCUT2D eigenvalue weighted by molar-refractivity contribution is 5.15. The fourth-order valence-electron chi connectivity index (χ4n) is 4.85. The maximum Gasteiger partial charge on any atom is 0.108 e. The fraction of sp³-hybridized carbons (Fsp3) is 0.710. The highest BCUT2D eigenvalue weighted by atomic mass is 15.1. The van der Waals surface area contributed by atoms with Crippen LogP contribution in [-0.2, 0) is 25.8 Å². The van der Waals surface area contributed by atoms with E-state index in [2.05, 4.69) is 54.9 Å². The Kier molecular flexibility index (Phi) is 15.8. The number of rotatable bonds is 21. The van der Waals surface area contributed by atoms with E-state index < -0.39 is 0 Å². The van der Waals surface area contributed by atoms with Crippen molar-refractivity contribution in [2.45, 2.75) is 142 Å². The Morgan fingerprint density at radius 3 is 1.73 bits per heavy atom. The highest BCUT2D eigenvalue weighted by Gasteiger charge is 2.07. The smallest absolute Gasteiger partial charge is 0.108 e. The molecule has 2 heteroatoms. The van der Waals surface area contributed by atoms with Gasteiger partial charge in [-0.1, -0.05) is 128 Å². The van der Waals surface area contributed by atoms with Crippen molar-refractivity contribution in [3.8, 4) is 0 Å². The molecule has 0 saturated carbocycles. The summed E-state index contributed by atoms with van der Waals surface area (Å²) >= 11 is 0. The van der Waals surface area contributed by atoms with Crippen molar-refractivity contribution < 1.29 is 0 Å². The number of hydrogen-bond donors (Lipinski definition) is 0. The predicted octanol–water partition coefficient (Wildman–Crippen LogP) is 9.49. The van der Waals surface area contributed by atoms with Crippen molar-refractivity contribution in [2.24, 2.45) is 0 Å². The van der Waals surface area contributed by atoms with Crippen LogP contribution in [0.3, 0.4) is 0 Å². The summed E-state index contributed by atoms with van der Waals surface area (Å²) in [6, 6.07) is 10.8. The SMILES string of the molecule is CCCCCCCCCCCCCCCCn1cc(CCCc2ccccc2)nc1CCC. The number of aryl methyl sites for hydroxylation is 4. The van der Waals surface area contributed by atoms with Gasteiger partial charge in [0.05, 0.1) is 5.69 Å². The molecule has 0 spiro atoms. The van der Waals surface area contributed by atoms with E-state index in [1.165, 1.54) is 120 Å². The minimum Gasteiger partial charge on any atom is -0.335 e. The Morgan fingerprint density at radius 1 is 0.576 bits per heavy atom. The summed E-state index contributed by atoms with van der Waals surface area (Å²) < 4.78 is 2.46. The zero-order valence-electron chi connectivity index (χ0n) is 22.0. The van der Waals surface area contributed by atoms with Gasteiger partial charge in [-0.05, 0) is 37.7 Å². The van der Waals surface area contributed by atoms with Crippen LogP contribution in [0.4, 0.5) is 0 Å². The number of nitrogens with zero attached hydrogens (tertiary/aromatic N) is 2. The van der Waals surface area contributed by atoms with Crippen molar-refractivity contribution in [3.05, 3.63) is 53.6 Å². The van der Waals surface area contributed by atoms with E-state index in [0.717, 1.165) is 25.8 Å². The first-order chi connectivity index (χ1) is 16.3. The van der Waals surface area contributed by atoms with Crippen molar-refractivity contribution in [1.82, 2.24) is 9.55 Å². The summed E-state index contributed by atoms with van der Waals surface area (Å²) in [4.78, 5) is 4.98. The van der Waals surface area contributed by atoms with Crippen LogP contribution in [0, 0.1) is 0 Å². The molecule has 1 aromatic heterocycles. The molecule has 1 heterocycles. The molecule has 0 atom stereocenters. The van der Waals surface area contributed by atoms with Gasteiger partial charge in [-0.15, -0.1) is 0 Å². The average molecular weight is 453 g/mol. The van der Waals surface area contributed by atoms with Crippen LogP contribution in [0.1, 0.15) is 134 Å². The monoisotopic (exact) mass is 452 g/mol. The van der Waals surface area contributed by atoms with E-state index in [1.54, 1.807) is 0 Å². The van der Waals surface area contributed by atoms with E-state index in [9.17, 15) is 0 Å². The number of aromatic nitrogens is 2. The third kappa shape index (κ3) is 13.0. The van der Waals surface area contributed by atoms with Gasteiger partial charge in [-0.2, -0.15) is 0 Å². The third-order valence-electron chi connectivity index (χ3n) is 6.88. The molecule has 2 rings (SSSR count). The van der Waals surface area contributed by atoms with Crippen molar-refractivity contribution in [2.75, 3.05) is 0 Å². The highest BCUT2D eigenvalue weighted by Crippen LogP contribution is 2.15. The van der Waals surface area contributed by atoms with Crippen molar-refractivity contribution in [1.29, 1.82) is 0 Å². The molecule has 0 aliphatic heterocycles. The van der Waals surface area contributed by atoms with Gasteiger partial charge < -0.3 is 4.57 Å². The molecular formula is C31H52N2. The standard InChI is InChI=1S/C31H52N2/c1-3-5-6-7-8-9-10-11-12-13-14-15-16-20-27-33-28-30(32-31(33)22-4-2)26-21-25-29-23-18-17-19-24-29/h17-19,23-24,28H,3-16,20-22,25-27H2,1-2H3. The minimum absolute atomic E-state index is 1.09. The first-order valence-electron chi connectivity index (χ1n) is 14.4. The Hall–Kier alpha value is -1.57. The number of hydrogen-bond acceptors (Lipinski definition) is 1. The van der Waals surface area contributed by atoms with Gasteiger partial charge in [0.1, 0.15) is 5.82 Å². The maximum absolute atomic E-state index is 4.98. The summed E-state index contributed by atoms with van der Waals surface area (Å²) in [5, 5.41) is 0. The van der Waals surface area contributed by atoms with E-state index in [1.807, 2.05) is 0 Å². The first-order valence-corrected chi connectivity index (χ1v) is 14.4. The molecule has 0 bridgehead atoms. The topological polar surface area (TPSA) is 17.8 Å². The van der Waals surface area contributed by atoms with Crippen molar-refractivity contribution in [3.63, 3.8) is 0 Å². The molecule has 0 fully saturated rings. The van der Waals surface area contributed by atoms with Crippen LogP contribution in [0.15, 0.2) is 36.5 Å². The van der Waals surface area contributed by atoms with E-state index >= 15 is 0 Å². The van der Waals surface area contributed by atoms with Crippen LogP contribution in [0.25, 0.3) is 0 Å². The summed E-state index contributed by atoms with van der Waals surface area (Å²) in [5.41, 5.74) is 2.73. The molecule has 0 unspecified atom stereocenters. The number of benzene rings is 1. The Morgan fingerprint density at radius 2 is 1.15 bits per heavy atom. The molecule has 0 aliphatic rings. The second-order valence-electron chi connectivity index (χ2n) is 10.0. The van der Waals surface area contributed by atoms with Gasteiger partial charge >= 0.3 is 0 Å². The van der Waals surface area contributed by atoms with Crippen LogP contribution in [0.5, 0.6) is 0 Å². The molecule has 1 aromatic carbocycles. The van der Waals surface area contributed by atoms with Crippen LogP contribution < -0.4 is 0 Å². The normalized spacial score (nSPS) is 11.3. The summed E-state index contributed by atoms with van der Waals surface area (Å²) in [6.45, 7) is 5.71. The molecule has 0 N–H and O–H groups in total. The predicted molar refractivity (Wildman–Crippen MR) is 145 cm³/mol. The molecule has 33 heavy (non-hydrogen) atoms. The van der Waals surface area contributed by atoms with Gasteiger partial charge in [-0.3, -0.25) is 0 Å². The number of imidazole rings is 1. The Labute approximate surface area is 205 Å². The largest absolute Gasteiger partial charge is 0.335 e. The van der Waals surface area contributed by atoms with E-state index in [0.29, 0.717) is 0 Å². The molecule has 2 nitrogen and oxygen atoms in total. The Bertz CT molecular complexity index is 688. The molecule has 186 valence electrons. The maximum atomic E-state index is 4.98. The van der Waals surface area contributed by atoms with Crippen molar-refractivity contribution >= 4 is 0 Å². The first kappa shape index (κ1) is 27.7. The lowest BCUT2D eigenvalue weighted by atomic mass is 10.0. The lowest BCUT2D eigenvalue weighted by Crippen LogP contribution is -2.03. The van der Waals surface area contributed by atoms with E-state index in [-0.39, 0.29) is 0 Å². The molecule has 0 saturated heterocycles. The second-order valence-corrected chi connectivity index (χ2v) is 10.0. The summed E-state index contributed by atoms with van der Waals surface area (Å²) in [7, 11) is 0. The van der Waals surface area contributed by atoms with Gasteiger partial charge in [-0.25, -0.2) is 4.98 Å². The van der Waals surface area contributed by atoms with Gasteiger partial charge in [0.2, 0.25) is 0 Å². The van der Waals surface area contributed by atoms with Gasteiger partial charge in [0.15, 0.2) is 0 Å².